The van der Waals surface area contributed by atoms with Crippen LogP contribution in [0.1, 0.15) is 73.9 Å². The van der Waals surface area contributed by atoms with Gasteiger partial charge in [0.1, 0.15) is 11.7 Å². The minimum Gasteiger partial charge on any atom is -0.507 e. The molecule has 0 unspecified atom stereocenters. The maximum atomic E-state index is 12.6. The first-order valence-electron chi connectivity index (χ1n) is 9.10. The van der Waals surface area contributed by atoms with Gasteiger partial charge in [-0.3, -0.25) is 4.79 Å². The van der Waals surface area contributed by atoms with Crippen molar-refractivity contribution >= 4 is 23.4 Å². The summed E-state index contributed by atoms with van der Waals surface area (Å²) in [4.78, 5) is 13.7. The molecule has 0 aliphatic heterocycles. The van der Waals surface area contributed by atoms with Crippen LogP contribution in [-0.4, -0.2) is 17.7 Å². The first-order valence-corrected chi connectivity index (χ1v) is 9.98. The van der Waals surface area contributed by atoms with E-state index < -0.39 is 5.92 Å². The van der Waals surface area contributed by atoms with E-state index in [4.69, 9.17) is 4.74 Å². The Bertz CT molecular complexity index is 729. The number of aromatic hydroxyl groups is 1. The summed E-state index contributed by atoms with van der Waals surface area (Å²) >= 11 is 1.62. The summed E-state index contributed by atoms with van der Waals surface area (Å²) in [5, 5.41) is 12.6. The molecule has 1 heterocycles. The summed E-state index contributed by atoms with van der Waals surface area (Å²) < 4.78 is 5.31. The van der Waals surface area contributed by atoms with Crippen LogP contribution < -0.4 is 0 Å². The third-order valence-electron chi connectivity index (χ3n) is 4.33. The van der Waals surface area contributed by atoms with Gasteiger partial charge in [0.25, 0.3) is 0 Å². The van der Waals surface area contributed by atoms with Crippen LogP contribution in [0, 0.1) is 0 Å². The van der Waals surface area contributed by atoms with Gasteiger partial charge in [-0.25, -0.2) is 0 Å². The fraction of sp³-hybridized carbons (Fsp3) is 0.409. The van der Waals surface area contributed by atoms with E-state index in [0.717, 1.165) is 21.6 Å². The van der Waals surface area contributed by atoms with Crippen molar-refractivity contribution in [2.75, 3.05) is 6.61 Å². The number of phenols is 1. The van der Waals surface area contributed by atoms with Crippen LogP contribution in [0.4, 0.5) is 0 Å². The first-order chi connectivity index (χ1) is 12.3. The smallest absolute Gasteiger partial charge is 0.317 e. The molecular formula is C22H28O3S. The van der Waals surface area contributed by atoms with E-state index in [1.54, 1.807) is 11.3 Å². The number of hydrogen-bond acceptors (Lipinski definition) is 4. The summed E-state index contributed by atoms with van der Waals surface area (Å²) in [5.41, 5.74) is 2.59. The lowest BCUT2D eigenvalue weighted by Gasteiger charge is -2.20. The van der Waals surface area contributed by atoms with E-state index in [1.807, 2.05) is 76.4 Å². The standard InChI is InChI=1S/C22H28O3S/c1-6-25-22(24)18(10-9-17-8-7-11-26-17)16-12-19(14(2)3)21(23)20(13-16)15(4)5/h7-15,18,23H,6H2,1-5H3/b10-9+/t18-/m0/s1. The molecule has 0 saturated heterocycles. The molecule has 26 heavy (non-hydrogen) atoms. The lowest BCUT2D eigenvalue weighted by Crippen LogP contribution is -2.15. The van der Waals surface area contributed by atoms with Gasteiger partial charge in [0.05, 0.1) is 6.61 Å². The molecule has 0 aliphatic rings. The van der Waals surface area contributed by atoms with Crippen LogP contribution in [0.15, 0.2) is 35.7 Å². The number of hydrogen-bond donors (Lipinski definition) is 1. The van der Waals surface area contributed by atoms with E-state index in [0.29, 0.717) is 12.4 Å². The molecule has 0 amide bonds. The zero-order valence-corrected chi connectivity index (χ0v) is 17.0. The minimum absolute atomic E-state index is 0.163. The molecule has 0 radical (unpaired) electrons. The Balaban J connectivity index is 2.54. The largest absolute Gasteiger partial charge is 0.507 e. The first kappa shape index (κ1) is 20.2. The van der Waals surface area contributed by atoms with Crippen molar-refractivity contribution in [3.05, 3.63) is 57.3 Å². The van der Waals surface area contributed by atoms with Crippen molar-refractivity contribution in [3.8, 4) is 5.75 Å². The van der Waals surface area contributed by atoms with Crippen molar-refractivity contribution in [1.29, 1.82) is 0 Å². The van der Waals surface area contributed by atoms with Crippen LogP contribution in [0.3, 0.4) is 0 Å². The van der Waals surface area contributed by atoms with E-state index in [-0.39, 0.29) is 17.8 Å². The average molecular weight is 373 g/mol. The highest BCUT2D eigenvalue weighted by molar-refractivity contribution is 7.10. The predicted octanol–water partition coefficient (Wildman–Crippen LogP) is 6.06. The number of phenolic OH excluding ortho intramolecular Hbond substituents is 1. The van der Waals surface area contributed by atoms with Crippen LogP contribution in [-0.2, 0) is 9.53 Å². The Kier molecular flexibility index (Phi) is 7.04. The normalized spacial score (nSPS) is 12.9. The van der Waals surface area contributed by atoms with Gasteiger partial charge in [-0.15, -0.1) is 11.3 Å². The molecule has 1 aromatic heterocycles. The van der Waals surface area contributed by atoms with Crippen molar-refractivity contribution in [1.82, 2.24) is 0 Å². The minimum atomic E-state index is -0.493. The van der Waals surface area contributed by atoms with Gasteiger partial charge in [-0.05, 0) is 53.0 Å². The van der Waals surface area contributed by atoms with Gasteiger partial charge < -0.3 is 9.84 Å². The van der Waals surface area contributed by atoms with Gasteiger partial charge >= 0.3 is 5.97 Å². The van der Waals surface area contributed by atoms with Crippen molar-refractivity contribution in [2.24, 2.45) is 0 Å². The van der Waals surface area contributed by atoms with Gasteiger partial charge in [-0.2, -0.15) is 0 Å². The van der Waals surface area contributed by atoms with E-state index in [9.17, 15) is 9.90 Å². The SMILES string of the molecule is CCOC(=O)[C@@H](/C=C/c1cccs1)c1cc(C(C)C)c(O)c(C(C)C)c1. The summed E-state index contributed by atoms with van der Waals surface area (Å²) in [5.74, 6) is -0.0974. The van der Waals surface area contributed by atoms with Crippen molar-refractivity contribution < 1.29 is 14.6 Å². The van der Waals surface area contributed by atoms with Gasteiger partial charge in [0.15, 0.2) is 0 Å². The van der Waals surface area contributed by atoms with Gasteiger partial charge in [0, 0.05) is 4.88 Å². The number of ether oxygens (including phenoxy) is 1. The van der Waals surface area contributed by atoms with E-state index in [2.05, 4.69) is 0 Å². The molecule has 2 aromatic rings. The maximum absolute atomic E-state index is 12.6. The third kappa shape index (κ3) is 4.76. The Morgan fingerprint density at radius 1 is 1.19 bits per heavy atom. The van der Waals surface area contributed by atoms with Crippen LogP contribution in [0.5, 0.6) is 5.75 Å². The average Bonchev–Trinajstić information content (AvgIpc) is 3.09. The molecule has 1 aromatic carbocycles. The quantitative estimate of drug-likeness (QED) is 0.601. The highest BCUT2D eigenvalue weighted by Gasteiger charge is 2.23. The summed E-state index contributed by atoms with van der Waals surface area (Å²) in [6, 6.07) is 7.87. The maximum Gasteiger partial charge on any atom is 0.317 e. The molecule has 0 saturated carbocycles. The number of thiophene rings is 1. The third-order valence-corrected chi connectivity index (χ3v) is 5.17. The molecule has 0 aliphatic carbocycles. The van der Waals surface area contributed by atoms with Gasteiger partial charge in [0.2, 0.25) is 0 Å². The molecule has 2 rings (SSSR count). The second-order valence-electron chi connectivity index (χ2n) is 6.96. The molecule has 1 atom stereocenters. The number of carbonyl (C=O) groups is 1. The zero-order chi connectivity index (χ0) is 19.3. The van der Waals surface area contributed by atoms with Crippen molar-refractivity contribution in [2.45, 2.75) is 52.4 Å². The molecule has 0 fully saturated rings. The van der Waals surface area contributed by atoms with E-state index in [1.165, 1.54) is 0 Å². The lowest BCUT2D eigenvalue weighted by atomic mass is 9.87. The van der Waals surface area contributed by atoms with Crippen molar-refractivity contribution in [3.63, 3.8) is 0 Å². The Morgan fingerprint density at radius 2 is 1.81 bits per heavy atom. The molecule has 0 bridgehead atoms. The van der Waals surface area contributed by atoms with E-state index >= 15 is 0 Å². The summed E-state index contributed by atoms with van der Waals surface area (Å²) in [6.45, 7) is 10.3. The zero-order valence-electron chi connectivity index (χ0n) is 16.2. The van der Waals surface area contributed by atoms with Gasteiger partial charge in [-0.1, -0.05) is 52.0 Å². The predicted molar refractivity (Wildman–Crippen MR) is 109 cm³/mol. The lowest BCUT2D eigenvalue weighted by molar-refractivity contribution is -0.143. The molecule has 3 nitrogen and oxygen atoms in total. The number of esters is 1. The second kappa shape index (κ2) is 9.04. The highest BCUT2D eigenvalue weighted by atomic mass is 32.1. The monoisotopic (exact) mass is 372 g/mol. The summed E-state index contributed by atoms with van der Waals surface area (Å²) in [7, 11) is 0. The number of benzene rings is 1. The fourth-order valence-corrected chi connectivity index (χ4v) is 3.53. The van der Waals surface area contributed by atoms with Crippen LogP contribution >= 0.6 is 11.3 Å². The second-order valence-corrected chi connectivity index (χ2v) is 7.94. The molecule has 0 spiro atoms. The number of carbonyl (C=O) groups excluding carboxylic acids is 1. The Morgan fingerprint density at radius 3 is 2.27 bits per heavy atom. The Labute approximate surface area is 160 Å². The van der Waals surface area contributed by atoms with Crippen LogP contribution in [0.25, 0.3) is 6.08 Å². The molecule has 1 N–H and O–H groups in total. The molecule has 140 valence electrons. The number of rotatable bonds is 7. The highest BCUT2D eigenvalue weighted by Crippen LogP contribution is 2.37. The van der Waals surface area contributed by atoms with Crippen LogP contribution in [0.2, 0.25) is 0 Å². The fourth-order valence-electron chi connectivity index (χ4n) is 2.90. The Hall–Kier alpha value is -2.07. The topological polar surface area (TPSA) is 46.5 Å². The molecular weight excluding hydrogens is 344 g/mol. The summed E-state index contributed by atoms with van der Waals surface area (Å²) in [6.07, 6.45) is 3.85. The molecule has 4 heteroatoms.